The highest BCUT2D eigenvalue weighted by molar-refractivity contribution is 7.92. The lowest BCUT2D eigenvalue weighted by Crippen LogP contribution is -2.42. The van der Waals surface area contributed by atoms with E-state index in [1.165, 1.54) is 4.31 Å². The Hall–Kier alpha value is -2.52. The Labute approximate surface area is 184 Å². The van der Waals surface area contributed by atoms with Gasteiger partial charge in [-0.2, -0.15) is 0 Å². The van der Waals surface area contributed by atoms with E-state index in [-0.39, 0.29) is 18.8 Å². The molecule has 0 fully saturated rings. The molecular weight excluding hydrogens is 416 g/mol. The van der Waals surface area contributed by atoms with Crippen LogP contribution in [0.3, 0.4) is 0 Å². The zero-order valence-electron chi connectivity index (χ0n) is 18.6. The van der Waals surface area contributed by atoms with Crippen LogP contribution in [0.1, 0.15) is 36.5 Å². The number of guanidine groups is 1. The molecule has 0 amide bonds. The summed E-state index contributed by atoms with van der Waals surface area (Å²) in [7, 11) is -3.45. The van der Waals surface area contributed by atoms with Gasteiger partial charge < -0.3 is 20.2 Å². The molecule has 1 aromatic carbocycles. The molecule has 0 spiro atoms. The number of para-hydroxylation sites is 1. The van der Waals surface area contributed by atoms with E-state index in [1.54, 1.807) is 6.92 Å². The highest BCUT2D eigenvalue weighted by atomic mass is 32.2. The maximum absolute atomic E-state index is 12.9. The summed E-state index contributed by atoms with van der Waals surface area (Å²) in [6.45, 7) is 8.66. The van der Waals surface area contributed by atoms with Crippen molar-refractivity contribution >= 4 is 21.7 Å². The number of rotatable bonds is 8. The Morgan fingerprint density at radius 3 is 2.71 bits per heavy atom. The molecule has 1 unspecified atom stereocenters. The molecule has 0 radical (unpaired) electrons. The van der Waals surface area contributed by atoms with Crippen LogP contribution in [0.5, 0.6) is 0 Å². The number of fused-ring (bicyclic) bond motifs is 1. The Balaban J connectivity index is 1.62. The number of aliphatic hydroxyl groups is 1. The number of hydrogen-bond acceptors (Lipinski definition) is 5. The first kappa shape index (κ1) is 23.1. The van der Waals surface area contributed by atoms with Crippen LogP contribution in [0.25, 0.3) is 0 Å². The van der Waals surface area contributed by atoms with E-state index in [2.05, 4.69) is 15.6 Å². The third-order valence-corrected chi connectivity index (χ3v) is 7.11. The average molecular weight is 449 g/mol. The number of aryl methyl sites for hydroxylation is 2. The van der Waals surface area contributed by atoms with E-state index in [0.29, 0.717) is 30.4 Å². The summed E-state index contributed by atoms with van der Waals surface area (Å²) in [6, 6.07) is 9.41. The topological polar surface area (TPSA) is 107 Å². The summed E-state index contributed by atoms with van der Waals surface area (Å²) < 4.78 is 32.7. The molecule has 1 aliphatic rings. The molecule has 0 saturated heterocycles. The lowest BCUT2D eigenvalue weighted by molar-refractivity contribution is 0.0657. The Morgan fingerprint density at radius 1 is 1.29 bits per heavy atom. The molecule has 0 saturated carbocycles. The molecule has 3 rings (SSSR count). The predicted molar refractivity (Wildman–Crippen MR) is 123 cm³/mol. The van der Waals surface area contributed by atoms with E-state index in [4.69, 9.17) is 4.42 Å². The van der Waals surface area contributed by atoms with Crippen molar-refractivity contribution in [3.8, 4) is 0 Å². The number of anilines is 1. The molecule has 1 atom stereocenters. The molecule has 3 N–H and O–H groups in total. The molecule has 0 aliphatic carbocycles. The zero-order chi connectivity index (χ0) is 22.6. The van der Waals surface area contributed by atoms with Crippen molar-refractivity contribution in [3.63, 3.8) is 0 Å². The van der Waals surface area contributed by atoms with Crippen LogP contribution in [-0.4, -0.2) is 51.4 Å². The maximum atomic E-state index is 12.9. The molecule has 1 aliphatic heterocycles. The number of nitrogens with one attached hydrogen (secondary N) is 2. The van der Waals surface area contributed by atoms with Crippen molar-refractivity contribution in [2.75, 3.05) is 36.2 Å². The minimum atomic E-state index is -3.45. The number of sulfonamides is 1. The molecule has 31 heavy (non-hydrogen) atoms. The smallest absolute Gasteiger partial charge is 0.236 e. The van der Waals surface area contributed by atoms with Gasteiger partial charge in [-0.3, -0.25) is 4.31 Å². The van der Waals surface area contributed by atoms with Gasteiger partial charge in [0.2, 0.25) is 10.0 Å². The highest BCUT2D eigenvalue weighted by Gasteiger charge is 2.29. The minimum absolute atomic E-state index is 0.0534. The van der Waals surface area contributed by atoms with Crippen LogP contribution in [-0.2, 0) is 22.0 Å². The Bertz CT molecular complexity index is 1040. The maximum Gasteiger partial charge on any atom is 0.236 e. The second kappa shape index (κ2) is 9.32. The van der Waals surface area contributed by atoms with Crippen molar-refractivity contribution in [2.45, 2.75) is 39.7 Å². The van der Waals surface area contributed by atoms with Crippen LogP contribution in [0.2, 0.25) is 0 Å². The second-order valence-electron chi connectivity index (χ2n) is 7.99. The number of furan rings is 1. The van der Waals surface area contributed by atoms with Crippen molar-refractivity contribution in [2.24, 2.45) is 4.99 Å². The van der Waals surface area contributed by atoms with E-state index in [0.717, 1.165) is 23.4 Å². The Morgan fingerprint density at radius 2 is 2.03 bits per heavy atom. The van der Waals surface area contributed by atoms with Gasteiger partial charge in [0.15, 0.2) is 5.96 Å². The minimum Gasteiger partial charge on any atom is -0.466 e. The van der Waals surface area contributed by atoms with E-state index >= 15 is 0 Å². The molecule has 2 heterocycles. The zero-order valence-corrected chi connectivity index (χ0v) is 19.4. The quantitative estimate of drug-likeness (QED) is 0.422. The fraction of sp³-hybridized carbons (Fsp3) is 0.500. The summed E-state index contributed by atoms with van der Waals surface area (Å²) >= 11 is 0. The largest absolute Gasteiger partial charge is 0.466 e. The number of nitrogens with zero attached hydrogens (tertiary/aromatic N) is 2. The number of benzene rings is 1. The van der Waals surface area contributed by atoms with E-state index in [9.17, 15) is 13.5 Å². The summed E-state index contributed by atoms with van der Waals surface area (Å²) in [6.07, 6.45) is 0.731. The molecule has 8 nitrogen and oxygen atoms in total. The SMILES string of the molecule is CCNC(=NCC(C)(O)c1cc(C)oc1C)NCCS(=O)(=O)N1CCc2ccccc21. The van der Waals surface area contributed by atoms with Gasteiger partial charge in [-0.25, -0.2) is 13.4 Å². The third kappa shape index (κ3) is 5.40. The lowest BCUT2D eigenvalue weighted by Gasteiger charge is -2.22. The second-order valence-corrected chi connectivity index (χ2v) is 10.0. The number of aliphatic imine (C=N–C) groups is 1. The molecular formula is C22H32N4O4S. The van der Waals surface area contributed by atoms with Gasteiger partial charge in [-0.15, -0.1) is 0 Å². The van der Waals surface area contributed by atoms with Crippen LogP contribution < -0.4 is 14.9 Å². The van der Waals surface area contributed by atoms with E-state index in [1.807, 2.05) is 51.1 Å². The van der Waals surface area contributed by atoms with Crippen LogP contribution >= 0.6 is 0 Å². The summed E-state index contributed by atoms with van der Waals surface area (Å²) in [5, 5.41) is 17.0. The third-order valence-electron chi connectivity index (χ3n) is 5.34. The fourth-order valence-electron chi connectivity index (χ4n) is 3.83. The van der Waals surface area contributed by atoms with Crippen molar-refractivity contribution < 1.29 is 17.9 Å². The number of hydrogen-bond donors (Lipinski definition) is 3. The summed E-state index contributed by atoms with van der Waals surface area (Å²) in [4.78, 5) is 4.46. The first-order valence-corrected chi connectivity index (χ1v) is 12.2. The standard InChI is InChI=1S/C22H32N4O4S/c1-5-23-21(25-15-22(4,27)19-14-16(2)30-17(19)3)24-11-13-31(28,29)26-12-10-18-8-6-7-9-20(18)26/h6-9,14,27H,5,10-13,15H2,1-4H3,(H2,23,24,25). The molecule has 0 bridgehead atoms. The van der Waals surface area contributed by atoms with Crippen molar-refractivity contribution in [1.82, 2.24) is 10.6 Å². The van der Waals surface area contributed by atoms with Crippen molar-refractivity contribution in [1.29, 1.82) is 0 Å². The molecule has 2 aromatic rings. The summed E-state index contributed by atoms with van der Waals surface area (Å²) in [5.74, 6) is 1.79. The van der Waals surface area contributed by atoms with Gasteiger partial charge >= 0.3 is 0 Å². The first-order valence-electron chi connectivity index (χ1n) is 10.5. The Kier molecular flexibility index (Phi) is 6.96. The van der Waals surface area contributed by atoms with E-state index < -0.39 is 15.6 Å². The van der Waals surface area contributed by atoms with Crippen LogP contribution in [0.15, 0.2) is 39.7 Å². The van der Waals surface area contributed by atoms with Gasteiger partial charge in [0.05, 0.1) is 18.0 Å². The predicted octanol–water partition coefficient (Wildman–Crippen LogP) is 2.05. The van der Waals surface area contributed by atoms with Gasteiger partial charge in [0, 0.05) is 25.2 Å². The van der Waals surface area contributed by atoms with Gasteiger partial charge in [-0.05, 0) is 51.8 Å². The van der Waals surface area contributed by atoms with Gasteiger partial charge in [0.25, 0.3) is 0 Å². The normalized spacial score (nSPS) is 16.2. The van der Waals surface area contributed by atoms with Gasteiger partial charge in [-0.1, -0.05) is 18.2 Å². The molecule has 9 heteroatoms. The monoisotopic (exact) mass is 448 g/mol. The molecule has 1 aromatic heterocycles. The lowest BCUT2D eigenvalue weighted by atomic mass is 9.96. The van der Waals surface area contributed by atoms with Crippen LogP contribution in [0, 0.1) is 13.8 Å². The molecule has 170 valence electrons. The first-order chi connectivity index (χ1) is 14.6. The van der Waals surface area contributed by atoms with Gasteiger partial charge in [0.1, 0.15) is 17.1 Å². The average Bonchev–Trinajstić information content (AvgIpc) is 3.29. The van der Waals surface area contributed by atoms with Crippen molar-refractivity contribution in [3.05, 3.63) is 53.0 Å². The fourth-order valence-corrected chi connectivity index (χ4v) is 5.26. The summed E-state index contributed by atoms with van der Waals surface area (Å²) in [5.41, 5.74) is 1.32. The van der Waals surface area contributed by atoms with Crippen LogP contribution in [0.4, 0.5) is 5.69 Å². The highest BCUT2D eigenvalue weighted by Crippen LogP contribution is 2.30.